The molecule has 0 aliphatic carbocycles. The van der Waals surface area contributed by atoms with E-state index in [-0.39, 0.29) is 6.04 Å². The van der Waals surface area contributed by atoms with Gasteiger partial charge in [0, 0.05) is 42.5 Å². The van der Waals surface area contributed by atoms with Crippen LogP contribution in [-0.2, 0) is 13.0 Å². The second-order valence-electron chi connectivity index (χ2n) is 5.59. The Balaban J connectivity index is 2.00. The number of pyridine rings is 1. The lowest BCUT2D eigenvalue weighted by Gasteiger charge is -2.12. The van der Waals surface area contributed by atoms with Gasteiger partial charge in [0.25, 0.3) is 0 Å². The maximum atomic E-state index is 5.90. The molecule has 0 fully saturated rings. The smallest absolute Gasteiger partial charge is 0.110 e. The van der Waals surface area contributed by atoms with Crippen LogP contribution >= 0.6 is 0 Å². The summed E-state index contributed by atoms with van der Waals surface area (Å²) in [6.07, 6.45) is 4.64. The molecule has 0 amide bonds. The van der Waals surface area contributed by atoms with Gasteiger partial charge in [0.05, 0.1) is 5.52 Å². The van der Waals surface area contributed by atoms with E-state index in [9.17, 15) is 0 Å². The van der Waals surface area contributed by atoms with Crippen LogP contribution in [0, 0.1) is 6.92 Å². The lowest BCUT2D eigenvalue weighted by atomic mass is 10.1. The third kappa shape index (κ3) is 2.95. The van der Waals surface area contributed by atoms with Crippen LogP contribution in [0.2, 0.25) is 0 Å². The minimum absolute atomic E-state index is 0.113. The fourth-order valence-electron chi connectivity index (χ4n) is 2.67. The van der Waals surface area contributed by atoms with E-state index in [1.54, 1.807) is 0 Å². The molecule has 0 radical (unpaired) electrons. The number of fused-ring (bicyclic) bond motifs is 1. The highest BCUT2D eigenvalue weighted by Gasteiger charge is 2.09. The van der Waals surface area contributed by atoms with E-state index in [2.05, 4.69) is 38.8 Å². The van der Waals surface area contributed by atoms with Crippen LogP contribution in [-0.4, -0.2) is 20.6 Å². The fraction of sp³-hybridized carbons (Fsp3) is 0.294. The van der Waals surface area contributed by atoms with Gasteiger partial charge in [0.1, 0.15) is 5.82 Å². The molecule has 0 aliphatic rings. The first-order valence-corrected chi connectivity index (χ1v) is 7.24. The molecule has 0 bridgehead atoms. The van der Waals surface area contributed by atoms with Crippen LogP contribution in [0.1, 0.15) is 24.0 Å². The number of nitrogens with zero attached hydrogens (tertiary/aromatic N) is 3. The zero-order valence-corrected chi connectivity index (χ0v) is 12.5. The van der Waals surface area contributed by atoms with Crippen LogP contribution < -0.4 is 5.73 Å². The average molecular weight is 280 g/mol. The van der Waals surface area contributed by atoms with Crippen LogP contribution in [0.15, 0.2) is 42.7 Å². The summed E-state index contributed by atoms with van der Waals surface area (Å²) in [4.78, 5) is 9.01. The van der Waals surface area contributed by atoms with E-state index in [1.807, 2.05) is 32.3 Å². The first-order chi connectivity index (χ1) is 10.1. The Labute approximate surface area is 124 Å². The van der Waals surface area contributed by atoms with Gasteiger partial charge in [-0.3, -0.25) is 4.98 Å². The van der Waals surface area contributed by atoms with Gasteiger partial charge in [-0.1, -0.05) is 18.2 Å². The molecule has 1 unspecified atom stereocenters. The quantitative estimate of drug-likeness (QED) is 0.799. The van der Waals surface area contributed by atoms with Gasteiger partial charge >= 0.3 is 0 Å². The maximum absolute atomic E-state index is 5.90. The summed E-state index contributed by atoms with van der Waals surface area (Å²) < 4.78 is 2.17. The number of para-hydroxylation sites is 1. The van der Waals surface area contributed by atoms with Crippen LogP contribution in [0.25, 0.3) is 10.9 Å². The Kier molecular flexibility index (Phi) is 3.71. The monoisotopic (exact) mass is 280 g/mol. The molecule has 108 valence electrons. The zero-order valence-electron chi connectivity index (χ0n) is 12.5. The second kappa shape index (κ2) is 5.66. The predicted molar refractivity (Wildman–Crippen MR) is 85.2 cm³/mol. The molecule has 0 saturated heterocycles. The summed E-state index contributed by atoms with van der Waals surface area (Å²) in [5.41, 5.74) is 9.25. The summed E-state index contributed by atoms with van der Waals surface area (Å²) in [6.45, 7) is 4.84. The molecule has 0 saturated carbocycles. The van der Waals surface area contributed by atoms with Crippen molar-refractivity contribution in [1.82, 2.24) is 14.5 Å². The van der Waals surface area contributed by atoms with Crippen LogP contribution in [0.5, 0.6) is 0 Å². The van der Waals surface area contributed by atoms with Crippen LogP contribution in [0.3, 0.4) is 0 Å². The summed E-state index contributed by atoms with van der Waals surface area (Å²) >= 11 is 0. The highest BCUT2D eigenvalue weighted by atomic mass is 15.1. The number of hydrogen-bond acceptors (Lipinski definition) is 3. The number of aryl methyl sites for hydroxylation is 1. The molecule has 2 N–H and O–H groups in total. The van der Waals surface area contributed by atoms with Crippen molar-refractivity contribution >= 4 is 10.9 Å². The Bertz CT molecular complexity index is 758. The van der Waals surface area contributed by atoms with Crippen molar-refractivity contribution in [2.24, 2.45) is 5.73 Å². The molecule has 0 spiro atoms. The normalized spacial score (nSPS) is 12.7. The van der Waals surface area contributed by atoms with Crippen LogP contribution in [0.4, 0.5) is 0 Å². The molecule has 1 aromatic carbocycles. The van der Waals surface area contributed by atoms with E-state index in [1.165, 1.54) is 10.9 Å². The Morgan fingerprint density at radius 1 is 1.29 bits per heavy atom. The number of hydrogen-bond donors (Lipinski definition) is 1. The number of aromatic nitrogens is 3. The van der Waals surface area contributed by atoms with Crippen molar-refractivity contribution in [2.75, 3.05) is 0 Å². The minimum Gasteiger partial charge on any atom is -0.330 e. The number of rotatable bonds is 4. The molecule has 4 nitrogen and oxygen atoms in total. The molecule has 2 aromatic heterocycles. The number of nitrogens with two attached hydrogens (primary N) is 1. The van der Waals surface area contributed by atoms with Gasteiger partial charge in [-0.2, -0.15) is 0 Å². The molecule has 0 aliphatic heterocycles. The van der Waals surface area contributed by atoms with Gasteiger partial charge in [-0.25, -0.2) is 4.98 Å². The topological polar surface area (TPSA) is 56.7 Å². The van der Waals surface area contributed by atoms with Crippen molar-refractivity contribution in [3.05, 3.63) is 59.8 Å². The fourth-order valence-corrected chi connectivity index (χ4v) is 2.67. The zero-order chi connectivity index (χ0) is 14.8. The highest BCUT2D eigenvalue weighted by molar-refractivity contribution is 5.82. The Morgan fingerprint density at radius 2 is 2.10 bits per heavy atom. The van der Waals surface area contributed by atoms with Crippen molar-refractivity contribution in [3.63, 3.8) is 0 Å². The first-order valence-electron chi connectivity index (χ1n) is 7.24. The highest BCUT2D eigenvalue weighted by Crippen LogP contribution is 2.19. The summed E-state index contributed by atoms with van der Waals surface area (Å²) in [5, 5.41) is 1.20. The molecular weight excluding hydrogens is 260 g/mol. The summed E-state index contributed by atoms with van der Waals surface area (Å²) in [5.74, 6) is 1.03. The van der Waals surface area contributed by atoms with Crippen molar-refractivity contribution in [3.8, 4) is 0 Å². The molecule has 2 heterocycles. The second-order valence-corrected chi connectivity index (χ2v) is 5.59. The van der Waals surface area contributed by atoms with Gasteiger partial charge in [-0.15, -0.1) is 0 Å². The average Bonchev–Trinajstić information content (AvgIpc) is 2.85. The Morgan fingerprint density at radius 3 is 2.90 bits per heavy atom. The molecular formula is C17H20N4. The van der Waals surface area contributed by atoms with Gasteiger partial charge < -0.3 is 10.3 Å². The van der Waals surface area contributed by atoms with Gasteiger partial charge in [0.15, 0.2) is 0 Å². The number of imidazole rings is 1. The third-order valence-electron chi connectivity index (χ3n) is 3.58. The summed E-state index contributed by atoms with van der Waals surface area (Å²) in [7, 11) is 0. The Hall–Kier alpha value is -2.20. The van der Waals surface area contributed by atoms with E-state index in [0.29, 0.717) is 0 Å². The van der Waals surface area contributed by atoms with E-state index in [4.69, 9.17) is 5.73 Å². The molecule has 21 heavy (non-hydrogen) atoms. The van der Waals surface area contributed by atoms with E-state index >= 15 is 0 Å². The first kappa shape index (κ1) is 13.8. The molecule has 3 rings (SSSR count). The number of benzene rings is 1. The largest absolute Gasteiger partial charge is 0.330 e. The van der Waals surface area contributed by atoms with Crippen molar-refractivity contribution in [2.45, 2.75) is 32.9 Å². The standard InChI is InChI=1S/C17H20N4/c1-12(18)9-17-19-7-8-21(17)11-14-10-13(2)20-16-6-4-3-5-15(14)16/h3-8,10,12H,9,11,18H2,1-2H3. The predicted octanol–water partition coefficient (Wildman–Crippen LogP) is 2.68. The molecule has 4 heteroatoms. The van der Waals surface area contributed by atoms with Crippen molar-refractivity contribution in [1.29, 1.82) is 0 Å². The minimum atomic E-state index is 0.113. The van der Waals surface area contributed by atoms with Crippen molar-refractivity contribution < 1.29 is 0 Å². The third-order valence-corrected chi connectivity index (χ3v) is 3.58. The lowest BCUT2D eigenvalue weighted by molar-refractivity contribution is 0.649. The van der Waals surface area contributed by atoms with Gasteiger partial charge in [-0.05, 0) is 31.5 Å². The molecule has 3 aromatic rings. The van der Waals surface area contributed by atoms with E-state index in [0.717, 1.165) is 30.0 Å². The van der Waals surface area contributed by atoms with Gasteiger partial charge in [0.2, 0.25) is 0 Å². The summed E-state index contributed by atoms with van der Waals surface area (Å²) in [6, 6.07) is 10.5. The lowest BCUT2D eigenvalue weighted by Crippen LogP contribution is -2.20. The van der Waals surface area contributed by atoms with E-state index < -0.39 is 0 Å². The molecule has 1 atom stereocenters. The maximum Gasteiger partial charge on any atom is 0.110 e. The SMILES string of the molecule is Cc1cc(Cn2ccnc2CC(C)N)c2ccccc2n1.